The SMILES string of the molecule is CC1CCCC(C)N1C(=O)CSc1nnc(-c2ccc3c(c2)OCCCO3)n1C. The molecule has 0 spiro atoms. The predicted octanol–water partition coefficient (Wildman–Crippen LogP) is 3.53. The number of thioether (sulfide) groups is 1. The molecule has 1 saturated heterocycles. The Labute approximate surface area is 175 Å². The van der Waals surface area contributed by atoms with Crippen molar-refractivity contribution in [1.29, 1.82) is 0 Å². The van der Waals surface area contributed by atoms with Crippen LogP contribution in [0.5, 0.6) is 11.5 Å². The molecule has 2 aliphatic rings. The molecule has 8 heteroatoms. The highest BCUT2D eigenvalue weighted by Gasteiger charge is 2.29. The molecule has 4 rings (SSSR count). The molecule has 0 radical (unpaired) electrons. The molecule has 0 aliphatic carbocycles. The van der Waals surface area contributed by atoms with Crippen molar-refractivity contribution < 1.29 is 14.3 Å². The number of carbonyl (C=O) groups is 1. The van der Waals surface area contributed by atoms with E-state index >= 15 is 0 Å². The molecule has 2 atom stereocenters. The molecule has 0 N–H and O–H groups in total. The van der Waals surface area contributed by atoms with Crippen LogP contribution >= 0.6 is 11.8 Å². The van der Waals surface area contributed by atoms with E-state index in [2.05, 4.69) is 24.0 Å². The number of piperidine rings is 1. The van der Waals surface area contributed by atoms with E-state index < -0.39 is 0 Å². The van der Waals surface area contributed by atoms with Crippen LogP contribution in [0.3, 0.4) is 0 Å². The van der Waals surface area contributed by atoms with Crippen LogP contribution in [0.25, 0.3) is 11.4 Å². The maximum absolute atomic E-state index is 12.8. The molecule has 3 heterocycles. The van der Waals surface area contributed by atoms with E-state index in [4.69, 9.17) is 9.47 Å². The average molecular weight is 417 g/mol. The smallest absolute Gasteiger partial charge is 0.233 e. The maximum Gasteiger partial charge on any atom is 0.233 e. The monoisotopic (exact) mass is 416 g/mol. The van der Waals surface area contributed by atoms with Gasteiger partial charge in [0.1, 0.15) is 0 Å². The highest BCUT2D eigenvalue weighted by Crippen LogP contribution is 2.34. The second kappa shape index (κ2) is 8.65. The Kier molecular flexibility index (Phi) is 5.99. The lowest BCUT2D eigenvalue weighted by atomic mass is 9.98. The predicted molar refractivity (Wildman–Crippen MR) is 112 cm³/mol. The van der Waals surface area contributed by atoms with Crippen molar-refractivity contribution in [3.8, 4) is 22.9 Å². The summed E-state index contributed by atoms with van der Waals surface area (Å²) < 4.78 is 13.4. The summed E-state index contributed by atoms with van der Waals surface area (Å²) in [6.45, 7) is 5.59. The van der Waals surface area contributed by atoms with Gasteiger partial charge in [0.05, 0.1) is 19.0 Å². The topological polar surface area (TPSA) is 69.5 Å². The van der Waals surface area contributed by atoms with Crippen LogP contribution in [0.4, 0.5) is 0 Å². The van der Waals surface area contributed by atoms with Crippen LogP contribution in [0, 0.1) is 0 Å². The molecule has 1 fully saturated rings. The van der Waals surface area contributed by atoms with Crippen molar-refractivity contribution in [2.45, 2.75) is 56.8 Å². The van der Waals surface area contributed by atoms with Gasteiger partial charge >= 0.3 is 0 Å². The van der Waals surface area contributed by atoms with Crippen LogP contribution in [0.15, 0.2) is 23.4 Å². The van der Waals surface area contributed by atoms with E-state index in [-0.39, 0.29) is 5.91 Å². The summed E-state index contributed by atoms with van der Waals surface area (Å²) in [5.41, 5.74) is 0.917. The first-order valence-electron chi connectivity index (χ1n) is 10.3. The molecule has 2 aromatic rings. The van der Waals surface area contributed by atoms with E-state index in [9.17, 15) is 4.79 Å². The molecule has 29 heavy (non-hydrogen) atoms. The Balaban J connectivity index is 1.46. The number of ether oxygens (including phenoxy) is 2. The molecule has 2 unspecified atom stereocenters. The molecule has 1 aromatic heterocycles. The minimum absolute atomic E-state index is 0.176. The first-order valence-corrected chi connectivity index (χ1v) is 11.3. The van der Waals surface area contributed by atoms with E-state index in [1.807, 2.05) is 34.7 Å². The normalized spacial score (nSPS) is 21.7. The van der Waals surface area contributed by atoms with Crippen molar-refractivity contribution in [1.82, 2.24) is 19.7 Å². The Bertz CT molecular complexity index is 875. The van der Waals surface area contributed by atoms with E-state index in [1.165, 1.54) is 18.2 Å². The highest BCUT2D eigenvalue weighted by molar-refractivity contribution is 7.99. The van der Waals surface area contributed by atoms with Crippen LogP contribution in [0.2, 0.25) is 0 Å². The third kappa shape index (κ3) is 4.22. The first-order chi connectivity index (χ1) is 14.0. The molecule has 0 bridgehead atoms. The van der Waals surface area contributed by atoms with Gasteiger partial charge in [0.15, 0.2) is 22.5 Å². The molecule has 156 valence electrons. The molecular formula is C21H28N4O3S. The van der Waals surface area contributed by atoms with Gasteiger partial charge in [-0.1, -0.05) is 11.8 Å². The molecular weight excluding hydrogens is 388 g/mol. The van der Waals surface area contributed by atoms with E-state index in [1.54, 1.807) is 0 Å². The number of nitrogens with zero attached hydrogens (tertiary/aromatic N) is 4. The minimum Gasteiger partial charge on any atom is -0.490 e. The van der Waals surface area contributed by atoms with Gasteiger partial charge in [0.25, 0.3) is 0 Å². The summed E-state index contributed by atoms with van der Waals surface area (Å²) in [6, 6.07) is 6.45. The van der Waals surface area contributed by atoms with Crippen molar-refractivity contribution in [2.75, 3.05) is 19.0 Å². The zero-order valence-corrected chi connectivity index (χ0v) is 18.1. The zero-order valence-electron chi connectivity index (χ0n) is 17.3. The summed E-state index contributed by atoms with van der Waals surface area (Å²) in [6.07, 6.45) is 4.23. The molecule has 2 aliphatic heterocycles. The van der Waals surface area contributed by atoms with Crippen molar-refractivity contribution in [2.24, 2.45) is 7.05 Å². The van der Waals surface area contributed by atoms with Gasteiger partial charge in [-0.05, 0) is 51.3 Å². The number of aromatic nitrogens is 3. The lowest BCUT2D eigenvalue weighted by Gasteiger charge is -2.39. The fourth-order valence-corrected chi connectivity index (χ4v) is 4.89. The summed E-state index contributed by atoms with van der Waals surface area (Å²) in [5.74, 6) is 2.80. The van der Waals surface area contributed by atoms with Gasteiger partial charge in [-0.2, -0.15) is 0 Å². The van der Waals surface area contributed by atoms with Gasteiger partial charge in [-0.15, -0.1) is 10.2 Å². The van der Waals surface area contributed by atoms with Crippen LogP contribution in [0.1, 0.15) is 39.5 Å². The molecule has 7 nitrogen and oxygen atoms in total. The zero-order chi connectivity index (χ0) is 20.4. The average Bonchev–Trinajstić information content (AvgIpc) is 2.91. The fourth-order valence-electron chi connectivity index (χ4n) is 4.11. The standard InChI is InChI=1S/C21H28N4O3S/c1-14-6-4-7-15(2)25(14)19(26)13-29-21-23-22-20(24(21)3)16-8-9-17-18(12-16)28-11-5-10-27-17/h8-9,12,14-15H,4-7,10-11,13H2,1-3H3. The van der Waals surface area contributed by atoms with E-state index in [0.29, 0.717) is 31.1 Å². The number of likely N-dealkylation sites (tertiary alicyclic amines) is 1. The van der Waals surface area contributed by atoms with Gasteiger partial charge in [-0.25, -0.2) is 0 Å². The van der Waals surface area contributed by atoms with Crippen molar-refractivity contribution in [3.05, 3.63) is 18.2 Å². The molecule has 1 aromatic carbocycles. The fraction of sp³-hybridized carbons (Fsp3) is 0.571. The molecule has 1 amide bonds. The number of benzene rings is 1. The Morgan fingerprint density at radius 3 is 2.59 bits per heavy atom. The quantitative estimate of drug-likeness (QED) is 0.711. The third-order valence-corrected chi connectivity index (χ3v) is 6.65. The minimum atomic E-state index is 0.176. The number of amides is 1. The number of hydrogen-bond acceptors (Lipinski definition) is 6. The molecule has 0 saturated carbocycles. The Morgan fingerprint density at radius 1 is 1.10 bits per heavy atom. The maximum atomic E-state index is 12.8. The largest absolute Gasteiger partial charge is 0.490 e. The van der Waals surface area contributed by atoms with Gasteiger partial charge in [0.2, 0.25) is 5.91 Å². The number of carbonyl (C=O) groups excluding carboxylic acids is 1. The number of rotatable bonds is 4. The third-order valence-electron chi connectivity index (χ3n) is 5.65. The second-order valence-corrected chi connectivity index (χ2v) is 8.74. The summed E-state index contributed by atoms with van der Waals surface area (Å²) in [4.78, 5) is 14.8. The summed E-state index contributed by atoms with van der Waals surface area (Å²) in [7, 11) is 1.93. The number of fused-ring (bicyclic) bond motifs is 1. The number of hydrogen-bond donors (Lipinski definition) is 0. The summed E-state index contributed by atoms with van der Waals surface area (Å²) in [5, 5.41) is 9.39. The van der Waals surface area contributed by atoms with Crippen LogP contribution in [-0.4, -0.2) is 56.6 Å². The lowest BCUT2D eigenvalue weighted by molar-refractivity contribution is -0.134. The summed E-state index contributed by atoms with van der Waals surface area (Å²) >= 11 is 1.44. The van der Waals surface area contributed by atoms with Gasteiger partial charge in [-0.3, -0.25) is 4.79 Å². The first kappa shape index (κ1) is 20.1. The van der Waals surface area contributed by atoms with Crippen LogP contribution in [-0.2, 0) is 11.8 Å². The Morgan fingerprint density at radius 2 is 1.83 bits per heavy atom. The second-order valence-electron chi connectivity index (χ2n) is 7.80. The van der Waals surface area contributed by atoms with E-state index in [0.717, 1.165) is 47.3 Å². The van der Waals surface area contributed by atoms with Crippen molar-refractivity contribution >= 4 is 17.7 Å². The van der Waals surface area contributed by atoms with Crippen LogP contribution < -0.4 is 9.47 Å². The lowest BCUT2D eigenvalue weighted by Crippen LogP contribution is -2.48. The van der Waals surface area contributed by atoms with Crippen molar-refractivity contribution in [3.63, 3.8) is 0 Å². The highest BCUT2D eigenvalue weighted by atomic mass is 32.2. The van der Waals surface area contributed by atoms with Gasteiger partial charge < -0.3 is 18.9 Å². The Hall–Kier alpha value is -2.22. The van der Waals surface area contributed by atoms with Gasteiger partial charge in [0, 0.05) is 31.1 Å².